The minimum Gasteiger partial charge on any atom is -0.406 e. The number of hydrogen-bond donors (Lipinski definition) is 0. The first kappa shape index (κ1) is 13.7. The van der Waals surface area contributed by atoms with Gasteiger partial charge in [0.1, 0.15) is 11.9 Å². The zero-order chi connectivity index (χ0) is 13.9. The molecule has 0 radical (unpaired) electrons. The second-order valence-corrected chi connectivity index (χ2v) is 4.29. The molecule has 2 rings (SSSR count). The van der Waals surface area contributed by atoms with E-state index in [0.717, 1.165) is 18.4 Å². The fraction of sp³-hybridized carbons (Fsp3) is 0.462. The summed E-state index contributed by atoms with van der Waals surface area (Å²) < 4.78 is 45.4. The molecular weight excluding hydrogens is 259 g/mol. The van der Waals surface area contributed by atoms with Crippen molar-refractivity contribution in [1.29, 1.82) is 5.26 Å². The van der Waals surface area contributed by atoms with Crippen molar-refractivity contribution in [3.8, 4) is 11.8 Å². The summed E-state index contributed by atoms with van der Waals surface area (Å²) in [5.74, 6) is -0.260. The molecule has 19 heavy (non-hydrogen) atoms. The highest BCUT2D eigenvalue weighted by molar-refractivity contribution is 5.29. The molecule has 1 saturated heterocycles. The summed E-state index contributed by atoms with van der Waals surface area (Å²) in [6.45, 7) is 0. The average Bonchev–Trinajstić information content (AvgIpc) is 2.38. The number of benzene rings is 1. The minimum absolute atomic E-state index is 0.238. The third-order valence-electron chi connectivity index (χ3n) is 2.89. The minimum atomic E-state index is -4.69. The van der Waals surface area contributed by atoms with E-state index in [1.54, 1.807) is 0 Å². The molecular formula is C13H12F3NO2. The number of halogens is 3. The number of alkyl halides is 3. The van der Waals surface area contributed by atoms with E-state index < -0.39 is 12.5 Å². The Morgan fingerprint density at radius 2 is 1.89 bits per heavy atom. The van der Waals surface area contributed by atoms with Gasteiger partial charge in [0.25, 0.3) is 0 Å². The van der Waals surface area contributed by atoms with Gasteiger partial charge >= 0.3 is 6.36 Å². The van der Waals surface area contributed by atoms with Crippen LogP contribution in [0, 0.1) is 11.3 Å². The summed E-state index contributed by atoms with van der Waals surface area (Å²) in [4.78, 5) is 0. The molecule has 1 aromatic rings. The highest BCUT2D eigenvalue weighted by atomic mass is 19.4. The second-order valence-electron chi connectivity index (χ2n) is 4.29. The van der Waals surface area contributed by atoms with Crippen molar-refractivity contribution in [2.45, 2.75) is 37.8 Å². The molecule has 0 spiro atoms. The van der Waals surface area contributed by atoms with Crippen molar-refractivity contribution >= 4 is 0 Å². The monoisotopic (exact) mass is 271 g/mol. The standard InChI is InChI=1S/C13H12F3NO2/c14-13(15,16)19-10-6-4-9(5-7-10)12-3-1-2-11(8-17)18-12/h4-7,11-12H,1-3H2/t11-,12+/m1/s1. The van der Waals surface area contributed by atoms with E-state index >= 15 is 0 Å². The average molecular weight is 271 g/mol. The topological polar surface area (TPSA) is 42.2 Å². The van der Waals surface area contributed by atoms with Crippen LogP contribution in [-0.2, 0) is 4.74 Å². The number of rotatable bonds is 2. The van der Waals surface area contributed by atoms with Crippen LogP contribution in [0.4, 0.5) is 13.2 Å². The van der Waals surface area contributed by atoms with E-state index in [0.29, 0.717) is 6.42 Å². The molecule has 0 N–H and O–H groups in total. The Balaban J connectivity index is 2.04. The maximum Gasteiger partial charge on any atom is 0.573 e. The van der Waals surface area contributed by atoms with Crippen LogP contribution in [0.3, 0.4) is 0 Å². The van der Waals surface area contributed by atoms with Crippen LogP contribution in [0.1, 0.15) is 30.9 Å². The molecule has 0 saturated carbocycles. The van der Waals surface area contributed by atoms with Gasteiger partial charge in [-0.1, -0.05) is 12.1 Å². The van der Waals surface area contributed by atoms with E-state index in [-0.39, 0.29) is 11.9 Å². The van der Waals surface area contributed by atoms with Gasteiger partial charge in [0.05, 0.1) is 12.2 Å². The summed E-state index contributed by atoms with van der Waals surface area (Å²) in [5, 5.41) is 8.81. The van der Waals surface area contributed by atoms with E-state index in [9.17, 15) is 13.2 Å². The number of ether oxygens (including phenoxy) is 2. The fourth-order valence-corrected chi connectivity index (χ4v) is 2.05. The highest BCUT2D eigenvalue weighted by Crippen LogP contribution is 2.32. The summed E-state index contributed by atoms with van der Waals surface area (Å²) in [6, 6.07) is 7.62. The third-order valence-corrected chi connectivity index (χ3v) is 2.89. The molecule has 0 aliphatic carbocycles. The van der Waals surface area contributed by atoms with Gasteiger partial charge in [-0.3, -0.25) is 0 Å². The summed E-state index contributed by atoms with van der Waals surface area (Å²) in [6.07, 6.45) is -3.04. The van der Waals surface area contributed by atoms with Gasteiger partial charge in [-0.25, -0.2) is 0 Å². The molecule has 102 valence electrons. The predicted octanol–water partition coefficient (Wildman–Crippen LogP) is 3.72. The Morgan fingerprint density at radius 3 is 2.47 bits per heavy atom. The van der Waals surface area contributed by atoms with Gasteiger partial charge in [-0.15, -0.1) is 13.2 Å². The predicted molar refractivity (Wildman–Crippen MR) is 60.2 cm³/mol. The van der Waals surface area contributed by atoms with Crippen molar-refractivity contribution in [2.75, 3.05) is 0 Å². The Bertz CT molecular complexity index is 464. The molecule has 2 atom stereocenters. The molecule has 1 fully saturated rings. The van der Waals surface area contributed by atoms with Crippen LogP contribution in [-0.4, -0.2) is 12.5 Å². The van der Waals surface area contributed by atoms with Crippen LogP contribution >= 0.6 is 0 Å². The van der Waals surface area contributed by atoms with Crippen LogP contribution in [0.2, 0.25) is 0 Å². The van der Waals surface area contributed by atoms with Gasteiger partial charge < -0.3 is 9.47 Å². The van der Waals surface area contributed by atoms with Gasteiger partial charge in [0.2, 0.25) is 0 Å². The van der Waals surface area contributed by atoms with Crippen LogP contribution in [0.25, 0.3) is 0 Å². The third kappa shape index (κ3) is 3.86. The maximum atomic E-state index is 12.0. The normalized spacial score (nSPS) is 23.7. The summed E-state index contributed by atoms with van der Waals surface area (Å²) in [5.41, 5.74) is 0.759. The molecule has 0 unspecified atom stereocenters. The Hall–Kier alpha value is -1.74. The van der Waals surface area contributed by atoms with Crippen LogP contribution in [0.15, 0.2) is 24.3 Å². The Morgan fingerprint density at radius 1 is 1.21 bits per heavy atom. The largest absolute Gasteiger partial charge is 0.573 e. The molecule has 0 amide bonds. The molecule has 1 aliphatic heterocycles. The van der Waals surface area contributed by atoms with Crippen molar-refractivity contribution in [3.63, 3.8) is 0 Å². The number of nitriles is 1. The highest BCUT2D eigenvalue weighted by Gasteiger charge is 2.31. The van der Waals surface area contributed by atoms with Gasteiger partial charge in [-0.2, -0.15) is 5.26 Å². The van der Waals surface area contributed by atoms with Crippen molar-refractivity contribution in [3.05, 3.63) is 29.8 Å². The zero-order valence-electron chi connectivity index (χ0n) is 9.98. The Kier molecular flexibility index (Phi) is 3.96. The lowest BCUT2D eigenvalue weighted by Gasteiger charge is -2.26. The molecule has 0 bridgehead atoms. The van der Waals surface area contributed by atoms with Crippen molar-refractivity contribution in [2.24, 2.45) is 0 Å². The summed E-state index contributed by atoms with van der Waals surface area (Å²) >= 11 is 0. The van der Waals surface area contributed by atoms with E-state index in [1.807, 2.05) is 0 Å². The molecule has 1 aromatic carbocycles. The lowest BCUT2D eigenvalue weighted by atomic mass is 9.99. The van der Waals surface area contributed by atoms with Crippen molar-refractivity contribution < 1.29 is 22.6 Å². The zero-order valence-corrected chi connectivity index (χ0v) is 9.98. The Labute approximate surface area is 108 Å². The molecule has 3 nitrogen and oxygen atoms in total. The molecule has 6 heteroatoms. The van der Waals surface area contributed by atoms with Crippen LogP contribution < -0.4 is 4.74 Å². The number of hydrogen-bond acceptors (Lipinski definition) is 3. The van der Waals surface area contributed by atoms with Crippen molar-refractivity contribution in [1.82, 2.24) is 0 Å². The second kappa shape index (κ2) is 5.49. The van der Waals surface area contributed by atoms with E-state index in [1.165, 1.54) is 24.3 Å². The van der Waals surface area contributed by atoms with Crippen LogP contribution in [0.5, 0.6) is 5.75 Å². The molecule has 1 heterocycles. The molecule has 1 aliphatic rings. The first-order chi connectivity index (χ1) is 8.98. The lowest BCUT2D eigenvalue weighted by molar-refractivity contribution is -0.274. The fourth-order valence-electron chi connectivity index (χ4n) is 2.05. The van der Waals surface area contributed by atoms with E-state index in [4.69, 9.17) is 10.00 Å². The molecule has 0 aromatic heterocycles. The lowest BCUT2D eigenvalue weighted by Crippen LogP contribution is -2.21. The van der Waals surface area contributed by atoms with Gasteiger partial charge in [0, 0.05) is 0 Å². The van der Waals surface area contributed by atoms with Gasteiger partial charge in [0.15, 0.2) is 0 Å². The number of nitrogens with zero attached hydrogens (tertiary/aromatic N) is 1. The van der Waals surface area contributed by atoms with E-state index in [2.05, 4.69) is 10.8 Å². The summed E-state index contributed by atoms with van der Waals surface area (Å²) in [7, 11) is 0. The SMILES string of the molecule is N#C[C@H]1CCC[C@@H](c2ccc(OC(F)(F)F)cc2)O1. The smallest absolute Gasteiger partial charge is 0.406 e. The quantitative estimate of drug-likeness (QED) is 0.823. The maximum absolute atomic E-state index is 12.0. The van der Waals surface area contributed by atoms with Gasteiger partial charge in [-0.05, 0) is 37.0 Å². The first-order valence-corrected chi connectivity index (χ1v) is 5.89. The first-order valence-electron chi connectivity index (χ1n) is 5.89.